The van der Waals surface area contributed by atoms with E-state index < -0.39 is 5.60 Å². The van der Waals surface area contributed by atoms with Crippen molar-refractivity contribution in [2.75, 3.05) is 13.1 Å². The number of hydrogen-bond acceptors (Lipinski definition) is 3. The molecular weight excluding hydrogens is 257 g/mol. The summed E-state index contributed by atoms with van der Waals surface area (Å²) >= 11 is 0. The zero-order valence-electron chi connectivity index (χ0n) is 12.8. The smallest absolute Gasteiger partial charge is 0.307 e. The minimum Gasteiger partial charge on any atom is -0.460 e. The first-order chi connectivity index (χ1) is 9.28. The molecule has 112 valence electrons. The summed E-state index contributed by atoms with van der Waals surface area (Å²) in [5.74, 6) is -0.396. The van der Waals surface area contributed by atoms with Crippen LogP contribution in [0.3, 0.4) is 0 Å². The summed E-state index contributed by atoms with van der Waals surface area (Å²) in [7, 11) is 0. The number of carbonyl (C=O) groups is 1. The molecule has 0 aromatic heterocycles. The molecule has 3 nitrogen and oxygen atoms in total. The monoisotopic (exact) mass is 281 g/mol. The zero-order chi connectivity index (χ0) is 15.2. The van der Waals surface area contributed by atoms with Gasteiger partial charge in [0.2, 0.25) is 0 Å². The number of benzene rings is 1. The van der Waals surface area contributed by atoms with Gasteiger partial charge in [-0.1, -0.05) is 6.07 Å². The molecule has 0 radical (unpaired) electrons. The molecule has 0 aliphatic rings. The minimum atomic E-state index is -0.428. The highest BCUT2D eigenvalue weighted by Crippen LogP contribution is 2.10. The van der Waals surface area contributed by atoms with E-state index in [2.05, 4.69) is 5.32 Å². The maximum absolute atomic E-state index is 12.9. The number of aryl methyl sites for hydroxylation is 1. The van der Waals surface area contributed by atoms with Crippen molar-refractivity contribution in [3.8, 4) is 0 Å². The highest BCUT2D eigenvalue weighted by atomic mass is 19.1. The maximum atomic E-state index is 12.9. The summed E-state index contributed by atoms with van der Waals surface area (Å²) in [5.41, 5.74) is 1.65. The molecule has 0 atom stereocenters. The summed E-state index contributed by atoms with van der Waals surface area (Å²) in [5, 5.41) is 3.20. The van der Waals surface area contributed by atoms with Crippen LogP contribution >= 0.6 is 0 Å². The third-order valence-electron chi connectivity index (χ3n) is 2.80. The van der Waals surface area contributed by atoms with Crippen LogP contribution in [0.5, 0.6) is 0 Å². The van der Waals surface area contributed by atoms with Gasteiger partial charge in [0.25, 0.3) is 0 Å². The van der Waals surface area contributed by atoms with Crippen molar-refractivity contribution in [3.63, 3.8) is 0 Å². The average Bonchev–Trinajstić information content (AvgIpc) is 2.28. The average molecular weight is 281 g/mol. The van der Waals surface area contributed by atoms with Gasteiger partial charge in [0.1, 0.15) is 11.4 Å². The topological polar surface area (TPSA) is 38.3 Å². The Morgan fingerprint density at radius 1 is 1.30 bits per heavy atom. The van der Waals surface area contributed by atoms with Gasteiger partial charge in [0.05, 0.1) is 6.42 Å². The van der Waals surface area contributed by atoms with E-state index in [0.29, 0.717) is 13.0 Å². The van der Waals surface area contributed by atoms with Crippen LogP contribution in [0.2, 0.25) is 0 Å². The Kier molecular flexibility index (Phi) is 6.14. The first-order valence-corrected chi connectivity index (χ1v) is 6.95. The van der Waals surface area contributed by atoms with E-state index >= 15 is 0 Å². The Morgan fingerprint density at radius 3 is 2.60 bits per heavy atom. The van der Waals surface area contributed by atoms with Crippen molar-refractivity contribution >= 4 is 5.97 Å². The fourth-order valence-corrected chi connectivity index (χ4v) is 1.87. The van der Waals surface area contributed by atoms with Gasteiger partial charge >= 0.3 is 5.97 Å². The number of esters is 1. The fourth-order valence-electron chi connectivity index (χ4n) is 1.87. The molecule has 0 fully saturated rings. The van der Waals surface area contributed by atoms with Crippen LogP contribution in [0, 0.1) is 12.7 Å². The highest BCUT2D eigenvalue weighted by Gasteiger charge is 2.15. The van der Waals surface area contributed by atoms with E-state index in [4.69, 9.17) is 4.74 Å². The van der Waals surface area contributed by atoms with Crippen molar-refractivity contribution in [1.82, 2.24) is 5.32 Å². The van der Waals surface area contributed by atoms with Crippen molar-refractivity contribution in [3.05, 3.63) is 35.1 Å². The lowest BCUT2D eigenvalue weighted by Gasteiger charge is -2.19. The molecule has 0 aliphatic carbocycles. The van der Waals surface area contributed by atoms with E-state index in [9.17, 15) is 9.18 Å². The molecule has 0 saturated heterocycles. The molecule has 20 heavy (non-hydrogen) atoms. The molecule has 0 bridgehead atoms. The van der Waals surface area contributed by atoms with Crippen LogP contribution in [0.4, 0.5) is 4.39 Å². The molecule has 0 heterocycles. The van der Waals surface area contributed by atoms with Gasteiger partial charge < -0.3 is 10.1 Å². The van der Waals surface area contributed by atoms with Gasteiger partial charge in [-0.3, -0.25) is 4.79 Å². The van der Waals surface area contributed by atoms with Crippen molar-refractivity contribution in [2.24, 2.45) is 0 Å². The summed E-state index contributed by atoms with van der Waals surface area (Å²) in [4.78, 5) is 11.5. The Labute approximate surface area is 120 Å². The molecule has 1 N–H and O–H groups in total. The molecule has 4 heteroatoms. The molecular formula is C16H24FNO2. The van der Waals surface area contributed by atoms with Gasteiger partial charge in [-0.05, 0) is 63.9 Å². The second-order valence-electron chi connectivity index (χ2n) is 5.91. The second kappa shape index (κ2) is 7.39. The summed E-state index contributed by atoms with van der Waals surface area (Å²) in [6.45, 7) is 8.82. The number of nitrogens with one attached hydrogen (secondary N) is 1. The predicted molar refractivity (Wildman–Crippen MR) is 78.2 cm³/mol. The zero-order valence-corrected chi connectivity index (χ0v) is 12.8. The van der Waals surface area contributed by atoms with Gasteiger partial charge in [0, 0.05) is 6.54 Å². The minimum absolute atomic E-state index is 0.192. The Morgan fingerprint density at radius 2 is 2.00 bits per heavy atom. The maximum Gasteiger partial charge on any atom is 0.307 e. The van der Waals surface area contributed by atoms with Gasteiger partial charge in [-0.2, -0.15) is 0 Å². The standard InChI is InChI=1S/C16H24FNO2/c1-12-11-14(17)6-5-13(12)7-9-18-10-8-15(19)20-16(2,3)4/h5-6,11,18H,7-10H2,1-4H3. The molecule has 0 unspecified atom stereocenters. The van der Waals surface area contributed by atoms with Crippen LogP contribution in [-0.2, 0) is 16.0 Å². The Bertz CT molecular complexity index is 452. The predicted octanol–water partition coefficient (Wildman–Crippen LogP) is 3.00. The second-order valence-corrected chi connectivity index (χ2v) is 5.91. The van der Waals surface area contributed by atoms with Crippen LogP contribution in [-0.4, -0.2) is 24.7 Å². The van der Waals surface area contributed by atoms with E-state index in [-0.39, 0.29) is 11.8 Å². The summed E-state index contributed by atoms with van der Waals surface area (Å²) in [6, 6.07) is 4.82. The lowest BCUT2D eigenvalue weighted by molar-refractivity contribution is -0.154. The molecule has 1 aromatic rings. The SMILES string of the molecule is Cc1cc(F)ccc1CCNCCC(=O)OC(C)(C)C. The van der Waals surface area contributed by atoms with Gasteiger partial charge in [-0.15, -0.1) is 0 Å². The lowest BCUT2D eigenvalue weighted by Crippen LogP contribution is -2.27. The van der Waals surface area contributed by atoms with E-state index in [1.165, 1.54) is 12.1 Å². The third-order valence-corrected chi connectivity index (χ3v) is 2.80. The van der Waals surface area contributed by atoms with E-state index in [0.717, 1.165) is 24.1 Å². The fraction of sp³-hybridized carbons (Fsp3) is 0.562. The first-order valence-electron chi connectivity index (χ1n) is 6.95. The summed E-state index contributed by atoms with van der Waals surface area (Å²) in [6.07, 6.45) is 1.18. The number of hydrogen-bond donors (Lipinski definition) is 1. The summed E-state index contributed by atoms with van der Waals surface area (Å²) < 4.78 is 18.2. The van der Waals surface area contributed by atoms with Crippen LogP contribution < -0.4 is 5.32 Å². The van der Waals surface area contributed by atoms with Crippen LogP contribution in [0.1, 0.15) is 38.3 Å². The third kappa shape index (κ3) is 6.66. The normalized spacial score (nSPS) is 11.4. The molecule has 0 spiro atoms. The number of ether oxygens (including phenoxy) is 1. The molecule has 0 amide bonds. The highest BCUT2D eigenvalue weighted by molar-refractivity contribution is 5.70. The molecule has 1 aromatic carbocycles. The van der Waals surface area contributed by atoms with Crippen molar-refractivity contribution in [1.29, 1.82) is 0 Å². The van der Waals surface area contributed by atoms with Crippen molar-refractivity contribution in [2.45, 2.75) is 46.1 Å². The molecule has 1 rings (SSSR count). The number of halogens is 1. The molecule has 0 aliphatic heterocycles. The van der Waals surface area contributed by atoms with Gasteiger partial charge in [-0.25, -0.2) is 4.39 Å². The number of carbonyl (C=O) groups excluding carboxylic acids is 1. The molecule has 0 saturated carbocycles. The van der Waals surface area contributed by atoms with Gasteiger partial charge in [0.15, 0.2) is 0 Å². The lowest BCUT2D eigenvalue weighted by atomic mass is 10.1. The van der Waals surface area contributed by atoms with E-state index in [1.807, 2.05) is 27.7 Å². The van der Waals surface area contributed by atoms with Crippen molar-refractivity contribution < 1.29 is 13.9 Å². The van der Waals surface area contributed by atoms with E-state index in [1.54, 1.807) is 6.07 Å². The largest absolute Gasteiger partial charge is 0.460 e. The van der Waals surface area contributed by atoms with Crippen LogP contribution in [0.15, 0.2) is 18.2 Å². The number of rotatable bonds is 6. The quantitative estimate of drug-likeness (QED) is 0.643. The first kappa shape index (κ1) is 16.6. The Hall–Kier alpha value is -1.42. The van der Waals surface area contributed by atoms with Crippen LogP contribution in [0.25, 0.3) is 0 Å². The Balaban J connectivity index is 2.21.